The lowest BCUT2D eigenvalue weighted by atomic mass is 9.99. The van der Waals surface area contributed by atoms with Crippen LogP contribution in [0.15, 0.2) is 53.6 Å². The molecule has 0 aliphatic carbocycles. The largest absolute Gasteiger partial charge is 0.497 e. The molecular formula is C20H24N4O5S. The van der Waals surface area contributed by atoms with Gasteiger partial charge >= 0.3 is 0 Å². The van der Waals surface area contributed by atoms with Crippen LogP contribution in [-0.2, 0) is 19.6 Å². The normalized spacial score (nSPS) is 17.2. The van der Waals surface area contributed by atoms with E-state index >= 15 is 0 Å². The van der Waals surface area contributed by atoms with E-state index in [9.17, 15) is 18.0 Å². The van der Waals surface area contributed by atoms with Crippen molar-refractivity contribution >= 4 is 27.7 Å². The lowest BCUT2D eigenvalue weighted by Crippen LogP contribution is -2.46. The van der Waals surface area contributed by atoms with Crippen molar-refractivity contribution < 1.29 is 22.7 Å². The highest BCUT2D eigenvalue weighted by Gasteiger charge is 2.33. The van der Waals surface area contributed by atoms with Crippen molar-refractivity contribution in [3.63, 3.8) is 0 Å². The van der Waals surface area contributed by atoms with Crippen LogP contribution in [0.1, 0.15) is 12.8 Å². The Bertz CT molecular complexity index is 980. The number of piperidine rings is 1. The predicted octanol–water partition coefficient (Wildman–Crippen LogP) is 1.25. The second-order valence-corrected chi connectivity index (χ2v) is 8.80. The number of hydrogen-bond donors (Lipinski definition) is 2. The Hall–Kier alpha value is -2.98. The molecule has 0 spiro atoms. The summed E-state index contributed by atoms with van der Waals surface area (Å²) in [6.45, 7) is 0.206. The third-order valence-electron chi connectivity index (χ3n) is 4.81. The number of rotatable bonds is 7. The van der Waals surface area contributed by atoms with Crippen LogP contribution in [0.25, 0.3) is 0 Å². The maximum atomic E-state index is 12.9. The smallest absolute Gasteiger partial charge is 0.244 e. The van der Waals surface area contributed by atoms with E-state index in [1.54, 1.807) is 36.5 Å². The summed E-state index contributed by atoms with van der Waals surface area (Å²) in [7, 11) is -2.21. The molecule has 1 saturated heterocycles. The van der Waals surface area contributed by atoms with E-state index in [4.69, 9.17) is 4.74 Å². The number of benzene rings is 1. The first-order chi connectivity index (χ1) is 14.4. The lowest BCUT2D eigenvalue weighted by molar-refractivity contribution is -0.128. The number of pyridine rings is 1. The zero-order valence-corrected chi connectivity index (χ0v) is 17.4. The van der Waals surface area contributed by atoms with E-state index in [-0.39, 0.29) is 23.9 Å². The maximum Gasteiger partial charge on any atom is 0.244 e. The first kappa shape index (κ1) is 21.7. The summed E-state index contributed by atoms with van der Waals surface area (Å²) in [5.41, 5.74) is 0. The Morgan fingerprint density at radius 1 is 1.20 bits per heavy atom. The van der Waals surface area contributed by atoms with E-state index in [0.29, 0.717) is 31.0 Å². The molecule has 1 aliphatic rings. The first-order valence-electron chi connectivity index (χ1n) is 9.53. The standard InChI is InChI=1S/C20H24N4O5S/c1-29-16-7-9-17(10-8-16)30(27,28)24-12-4-5-15(14-24)20(26)22-13-19(25)23-18-6-2-3-11-21-18/h2-3,6-11,15H,4-5,12-14H2,1H3,(H,22,26)(H,21,23,25). The van der Waals surface area contributed by atoms with Crippen molar-refractivity contribution in [2.45, 2.75) is 17.7 Å². The minimum absolute atomic E-state index is 0.0715. The van der Waals surface area contributed by atoms with Crippen LogP contribution in [-0.4, -0.2) is 56.3 Å². The van der Waals surface area contributed by atoms with Crippen LogP contribution in [0.3, 0.4) is 0 Å². The van der Waals surface area contributed by atoms with Gasteiger partial charge in [-0.25, -0.2) is 13.4 Å². The molecule has 2 N–H and O–H groups in total. The summed E-state index contributed by atoms with van der Waals surface area (Å²) in [5, 5.41) is 5.17. The second-order valence-electron chi connectivity index (χ2n) is 6.86. The third kappa shape index (κ3) is 5.33. The van der Waals surface area contributed by atoms with Gasteiger partial charge in [-0.15, -0.1) is 0 Å². The summed E-state index contributed by atoms with van der Waals surface area (Å²) in [6.07, 6.45) is 2.67. The predicted molar refractivity (Wildman–Crippen MR) is 110 cm³/mol. The van der Waals surface area contributed by atoms with Gasteiger partial charge in [0.1, 0.15) is 11.6 Å². The van der Waals surface area contributed by atoms with Gasteiger partial charge in [0.05, 0.1) is 24.5 Å². The van der Waals surface area contributed by atoms with Gasteiger partial charge in [0.2, 0.25) is 21.8 Å². The molecule has 2 amide bonds. The average molecular weight is 433 g/mol. The Labute approximate surface area is 175 Å². The fourth-order valence-electron chi connectivity index (χ4n) is 3.21. The van der Waals surface area contributed by atoms with Crippen molar-refractivity contribution in [3.8, 4) is 5.75 Å². The van der Waals surface area contributed by atoms with Crippen molar-refractivity contribution in [2.75, 3.05) is 32.1 Å². The van der Waals surface area contributed by atoms with Crippen LogP contribution in [0.2, 0.25) is 0 Å². The average Bonchev–Trinajstić information content (AvgIpc) is 2.78. The van der Waals surface area contributed by atoms with Gasteiger partial charge in [-0.3, -0.25) is 9.59 Å². The van der Waals surface area contributed by atoms with Gasteiger partial charge in [-0.1, -0.05) is 6.07 Å². The molecule has 1 aliphatic heterocycles. The Morgan fingerprint density at radius 2 is 1.97 bits per heavy atom. The zero-order chi connectivity index (χ0) is 21.6. The number of amides is 2. The molecule has 1 unspecified atom stereocenters. The molecule has 0 bridgehead atoms. The Balaban J connectivity index is 1.56. The lowest BCUT2D eigenvalue weighted by Gasteiger charge is -2.31. The molecule has 2 heterocycles. The van der Waals surface area contributed by atoms with Crippen LogP contribution >= 0.6 is 0 Å². The van der Waals surface area contributed by atoms with Gasteiger partial charge in [-0.05, 0) is 49.2 Å². The molecule has 0 saturated carbocycles. The van der Waals surface area contributed by atoms with Crippen LogP contribution in [0.5, 0.6) is 5.75 Å². The van der Waals surface area contributed by atoms with E-state index in [2.05, 4.69) is 15.6 Å². The zero-order valence-electron chi connectivity index (χ0n) is 16.6. The highest BCUT2D eigenvalue weighted by atomic mass is 32.2. The van der Waals surface area contributed by atoms with Crippen molar-refractivity contribution in [1.82, 2.24) is 14.6 Å². The summed E-state index contributed by atoms with van der Waals surface area (Å²) in [5.74, 6) is -0.309. The molecule has 30 heavy (non-hydrogen) atoms. The number of carbonyl (C=O) groups is 2. The van der Waals surface area contributed by atoms with Crippen LogP contribution in [0.4, 0.5) is 5.82 Å². The van der Waals surface area contributed by atoms with Crippen molar-refractivity contribution in [3.05, 3.63) is 48.7 Å². The van der Waals surface area contributed by atoms with Gasteiger partial charge in [0.25, 0.3) is 0 Å². The maximum absolute atomic E-state index is 12.9. The molecule has 1 aromatic heterocycles. The van der Waals surface area contributed by atoms with E-state index in [1.807, 2.05) is 0 Å². The molecule has 10 heteroatoms. The van der Waals surface area contributed by atoms with Crippen molar-refractivity contribution in [1.29, 1.82) is 0 Å². The highest BCUT2D eigenvalue weighted by molar-refractivity contribution is 7.89. The fourth-order valence-corrected chi connectivity index (χ4v) is 4.73. The number of carbonyl (C=O) groups excluding carboxylic acids is 2. The molecular weight excluding hydrogens is 408 g/mol. The second kappa shape index (κ2) is 9.68. The highest BCUT2D eigenvalue weighted by Crippen LogP contribution is 2.25. The van der Waals surface area contributed by atoms with Crippen molar-refractivity contribution in [2.24, 2.45) is 5.92 Å². The monoisotopic (exact) mass is 432 g/mol. The minimum Gasteiger partial charge on any atom is -0.497 e. The first-order valence-corrected chi connectivity index (χ1v) is 11.0. The SMILES string of the molecule is COc1ccc(S(=O)(=O)N2CCCC(C(=O)NCC(=O)Nc3ccccn3)C2)cc1. The molecule has 1 aromatic carbocycles. The number of nitrogens with zero attached hydrogens (tertiary/aromatic N) is 2. The number of nitrogens with one attached hydrogen (secondary N) is 2. The van der Waals surface area contributed by atoms with E-state index in [0.717, 1.165) is 0 Å². The van der Waals surface area contributed by atoms with Gasteiger partial charge < -0.3 is 15.4 Å². The van der Waals surface area contributed by atoms with Crippen LogP contribution in [0, 0.1) is 5.92 Å². The fraction of sp³-hybridized carbons (Fsp3) is 0.350. The number of anilines is 1. The topological polar surface area (TPSA) is 118 Å². The molecule has 1 fully saturated rings. The summed E-state index contributed by atoms with van der Waals surface area (Å²) in [4.78, 5) is 28.6. The number of methoxy groups -OCH3 is 1. The Morgan fingerprint density at radius 3 is 2.63 bits per heavy atom. The molecule has 3 rings (SSSR count). The number of sulfonamides is 1. The molecule has 0 radical (unpaired) electrons. The number of ether oxygens (including phenoxy) is 1. The van der Waals surface area contributed by atoms with E-state index in [1.165, 1.54) is 23.5 Å². The molecule has 9 nitrogen and oxygen atoms in total. The summed E-state index contributed by atoms with van der Waals surface area (Å²) < 4.78 is 32.2. The third-order valence-corrected chi connectivity index (χ3v) is 6.69. The Kier molecular flexibility index (Phi) is 7.01. The van der Waals surface area contributed by atoms with Gasteiger partial charge in [0.15, 0.2) is 0 Å². The molecule has 2 aromatic rings. The quantitative estimate of drug-likeness (QED) is 0.680. The minimum atomic E-state index is -3.72. The van der Waals surface area contributed by atoms with Gasteiger partial charge in [-0.2, -0.15) is 4.31 Å². The number of hydrogen-bond acceptors (Lipinski definition) is 6. The molecule has 160 valence electrons. The van der Waals surface area contributed by atoms with E-state index < -0.39 is 21.8 Å². The molecule has 1 atom stereocenters. The summed E-state index contributed by atoms with van der Waals surface area (Å²) in [6, 6.07) is 11.2. The van der Waals surface area contributed by atoms with Gasteiger partial charge in [0, 0.05) is 19.3 Å². The van der Waals surface area contributed by atoms with Crippen LogP contribution < -0.4 is 15.4 Å². The number of aromatic nitrogens is 1. The summed E-state index contributed by atoms with van der Waals surface area (Å²) >= 11 is 0.